The van der Waals surface area contributed by atoms with E-state index in [9.17, 15) is 4.79 Å². The van der Waals surface area contributed by atoms with Crippen LogP contribution in [0.25, 0.3) is 10.9 Å². The van der Waals surface area contributed by atoms with Crippen molar-refractivity contribution in [2.75, 3.05) is 19.0 Å². The molecule has 0 radical (unpaired) electrons. The van der Waals surface area contributed by atoms with Crippen LogP contribution in [-0.2, 0) is 9.53 Å². The fourth-order valence-corrected chi connectivity index (χ4v) is 2.94. The average molecular weight is 275 g/mol. The summed E-state index contributed by atoms with van der Waals surface area (Å²) in [4.78, 5) is 20.4. The summed E-state index contributed by atoms with van der Waals surface area (Å²) in [7, 11) is 1.83. The van der Waals surface area contributed by atoms with E-state index in [4.69, 9.17) is 4.74 Å². The Morgan fingerprint density at radius 3 is 2.95 bits per heavy atom. The van der Waals surface area contributed by atoms with Crippen molar-refractivity contribution in [3.05, 3.63) is 24.3 Å². The molecular weight excluding hydrogens is 262 g/mol. The van der Waals surface area contributed by atoms with Gasteiger partial charge in [0.15, 0.2) is 5.16 Å². The summed E-state index contributed by atoms with van der Waals surface area (Å²) in [6.45, 7) is 0.489. The number of carbonyl (C=O) groups excluding carboxylic acids is 1. The van der Waals surface area contributed by atoms with Crippen molar-refractivity contribution in [3.63, 3.8) is 0 Å². The molecule has 0 bridgehead atoms. The van der Waals surface area contributed by atoms with Gasteiger partial charge in [0.1, 0.15) is 11.1 Å². The number of nitrogens with zero attached hydrogens (tertiary/aromatic N) is 2. The quantitative estimate of drug-likeness (QED) is 0.683. The number of rotatable bonds is 3. The van der Waals surface area contributed by atoms with Crippen molar-refractivity contribution in [1.82, 2.24) is 9.97 Å². The maximum Gasteiger partial charge on any atom is 0.319 e. The molecule has 6 heteroatoms. The number of fused-ring (bicyclic) bond motifs is 1. The highest BCUT2D eigenvalue weighted by atomic mass is 32.2. The van der Waals surface area contributed by atoms with Gasteiger partial charge >= 0.3 is 5.97 Å². The molecule has 5 nitrogen and oxygen atoms in total. The van der Waals surface area contributed by atoms with E-state index in [2.05, 4.69) is 15.3 Å². The number of thioether (sulfide) groups is 1. The summed E-state index contributed by atoms with van der Waals surface area (Å²) < 4.78 is 4.95. The molecule has 1 aromatic carbocycles. The van der Waals surface area contributed by atoms with Crippen LogP contribution in [0.4, 0.5) is 5.82 Å². The predicted octanol–water partition coefficient (Wildman–Crippen LogP) is 2.08. The van der Waals surface area contributed by atoms with Crippen LogP contribution in [0.15, 0.2) is 29.4 Å². The first-order chi connectivity index (χ1) is 9.28. The topological polar surface area (TPSA) is 64.1 Å². The lowest BCUT2D eigenvalue weighted by Gasteiger charge is -2.09. The number of hydrogen-bond donors (Lipinski definition) is 1. The van der Waals surface area contributed by atoms with Crippen LogP contribution >= 0.6 is 11.8 Å². The first-order valence-electron chi connectivity index (χ1n) is 6.06. The number of benzene rings is 1. The number of cyclic esters (lactones) is 1. The highest BCUT2D eigenvalue weighted by Crippen LogP contribution is 2.30. The number of nitrogens with one attached hydrogen (secondary N) is 1. The molecule has 0 amide bonds. The van der Waals surface area contributed by atoms with Crippen LogP contribution in [0.1, 0.15) is 6.42 Å². The lowest BCUT2D eigenvalue weighted by molar-refractivity contribution is -0.137. The second-order valence-electron chi connectivity index (χ2n) is 4.18. The van der Waals surface area contributed by atoms with Crippen molar-refractivity contribution < 1.29 is 9.53 Å². The summed E-state index contributed by atoms with van der Waals surface area (Å²) in [6, 6.07) is 7.80. The number of esters is 1. The normalized spacial score (nSPS) is 18.6. The van der Waals surface area contributed by atoms with Gasteiger partial charge < -0.3 is 10.1 Å². The standard InChI is InChI=1S/C13H13N3O2S/c1-14-11-8-4-2-3-5-9(8)15-13(16-11)19-10-6-7-18-12(10)17/h2-5,10H,6-7H2,1H3,(H,14,15,16). The fourth-order valence-electron chi connectivity index (χ4n) is 2.01. The molecule has 3 rings (SSSR count). The third kappa shape index (κ3) is 2.35. The fraction of sp³-hybridized carbons (Fsp3) is 0.308. The van der Waals surface area contributed by atoms with Gasteiger partial charge in [-0.05, 0) is 12.1 Å². The second kappa shape index (κ2) is 5.05. The monoisotopic (exact) mass is 275 g/mol. The smallest absolute Gasteiger partial charge is 0.319 e. The Bertz CT molecular complexity index is 632. The zero-order valence-corrected chi connectivity index (χ0v) is 11.2. The maximum absolute atomic E-state index is 11.5. The second-order valence-corrected chi connectivity index (χ2v) is 5.35. The van der Waals surface area contributed by atoms with E-state index < -0.39 is 0 Å². The Labute approximate surface area is 114 Å². The van der Waals surface area contributed by atoms with Crippen LogP contribution < -0.4 is 5.32 Å². The van der Waals surface area contributed by atoms with Crippen molar-refractivity contribution in [2.45, 2.75) is 16.8 Å². The molecule has 98 valence electrons. The van der Waals surface area contributed by atoms with E-state index in [0.29, 0.717) is 18.2 Å². The third-order valence-electron chi connectivity index (χ3n) is 2.95. The van der Waals surface area contributed by atoms with Gasteiger partial charge in [-0.2, -0.15) is 0 Å². The summed E-state index contributed by atoms with van der Waals surface area (Å²) >= 11 is 1.37. The van der Waals surface area contributed by atoms with Gasteiger partial charge in [-0.3, -0.25) is 4.79 Å². The van der Waals surface area contributed by atoms with E-state index >= 15 is 0 Å². The largest absolute Gasteiger partial charge is 0.465 e. The molecular formula is C13H13N3O2S. The van der Waals surface area contributed by atoms with Crippen molar-refractivity contribution in [2.24, 2.45) is 0 Å². The number of para-hydroxylation sites is 1. The van der Waals surface area contributed by atoms with Crippen LogP contribution in [0, 0.1) is 0 Å². The van der Waals surface area contributed by atoms with Gasteiger partial charge in [0.25, 0.3) is 0 Å². The minimum absolute atomic E-state index is 0.173. The Morgan fingerprint density at radius 2 is 2.21 bits per heavy atom. The molecule has 1 unspecified atom stereocenters. The molecule has 19 heavy (non-hydrogen) atoms. The molecule has 2 heterocycles. The summed E-state index contributed by atoms with van der Waals surface area (Å²) in [5.74, 6) is 0.604. The van der Waals surface area contributed by atoms with E-state index in [0.717, 1.165) is 16.7 Å². The minimum Gasteiger partial charge on any atom is -0.465 e. The number of carbonyl (C=O) groups is 1. The van der Waals surface area contributed by atoms with Gasteiger partial charge in [-0.25, -0.2) is 9.97 Å². The number of ether oxygens (including phenoxy) is 1. The number of aromatic nitrogens is 2. The maximum atomic E-state index is 11.5. The predicted molar refractivity (Wildman–Crippen MR) is 74.3 cm³/mol. The lowest BCUT2D eigenvalue weighted by atomic mass is 10.2. The van der Waals surface area contributed by atoms with Gasteiger partial charge in [-0.15, -0.1) is 0 Å². The molecule has 1 aliphatic heterocycles. The SMILES string of the molecule is CNc1nc(SC2CCOC2=O)nc2ccccc12. The van der Waals surface area contributed by atoms with Crippen molar-refractivity contribution in [3.8, 4) is 0 Å². The van der Waals surface area contributed by atoms with Gasteiger partial charge in [0.05, 0.1) is 12.1 Å². The summed E-state index contributed by atoms with van der Waals surface area (Å²) in [5.41, 5.74) is 0.871. The van der Waals surface area contributed by atoms with Crippen molar-refractivity contribution >= 4 is 34.5 Å². The molecule has 1 N–H and O–H groups in total. The van der Waals surface area contributed by atoms with E-state index in [-0.39, 0.29) is 11.2 Å². The Kier molecular flexibility index (Phi) is 3.25. The summed E-state index contributed by atoms with van der Waals surface area (Å²) in [6.07, 6.45) is 0.717. The first kappa shape index (κ1) is 12.2. The molecule has 1 aliphatic rings. The zero-order chi connectivity index (χ0) is 13.2. The van der Waals surface area contributed by atoms with Crippen LogP contribution in [0.3, 0.4) is 0 Å². The van der Waals surface area contributed by atoms with Crippen molar-refractivity contribution in [1.29, 1.82) is 0 Å². The lowest BCUT2D eigenvalue weighted by Crippen LogP contribution is -2.10. The van der Waals surface area contributed by atoms with Crippen LogP contribution in [-0.4, -0.2) is 34.8 Å². The molecule has 0 spiro atoms. The molecule has 2 aromatic rings. The number of anilines is 1. The van der Waals surface area contributed by atoms with E-state index in [1.165, 1.54) is 11.8 Å². The molecule has 0 saturated carbocycles. The Hall–Kier alpha value is -1.82. The van der Waals surface area contributed by atoms with Crippen LogP contribution in [0.2, 0.25) is 0 Å². The molecule has 1 aromatic heterocycles. The molecule has 1 fully saturated rings. The van der Waals surface area contributed by atoms with Gasteiger partial charge in [0, 0.05) is 18.9 Å². The highest BCUT2D eigenvalue weighted by molar-refractivity contribution is 8.00. The molecule has 0 aliphatic carbocycles. The van der Waals surface area contributed by atoms with Gasteiger partial charge in [0.2, 0.25) is 0 Å². The summed E-state index contributed by atoms with van der Waals surface area (Å²) in [5, 5.41) is 4.46. The Balaban J connectivity index is 1.97. The van der Waals surface area contributed by atoms with Crippen LogP contribution in [0.5, 0.6) is 0 Å². The molecule has 1 saturated heterocycles. The van der Waals surface area contributed by atoms with E-state index in [1.807, 2.05) is 31.3 Å². The van der Waals surface area contributed by atoms with Gasteiger partial charge in [-0.1, -0.05) is 23.9 Å². The third-order valence-corrected chi connectivity index (χ3v) is 4.06. The first-order valence-corrected chi connectivity index (χ1v) is 6.94. The average Bonchev–Trinajstić information content (AvgIpc) is 2.83. The molecule has 1 atom stereocenters. The minimum atomic E-state index is -0.189. The Morgan fingerprint density at radius 1 is 1.37 bits per heavy atom. The highest BCUT2D eigenvalue weighted by Gasteiger charge is 2.28. The van der Waals surface area contributed by atoms with E-state index in [1.54, 1.807) is 0 Å². The number of hydrogen-bond acceptors (Lipinski definition) is 6. The zero-order valence-electron chi connectivity index (χ0n) is 10.4.